The standard InChI is InChI=1S/C23H23N5O4S2/c29-21(28-23-27-20(14-33-23)19-13-25-22-18(19)7-2-8-24-22)11-15-4-1-6-17(10-15)34(30,31)26-12-16-5-3-9-32-16/h1-2,4,6-8,10,13-14,16,26H,3,5,9,11-12H2,(H,24,25)(H,27,28,29). The second kappa shape index (κ2) is 9.63. The highest BCUT2D eigenvalue weighted by Gasteiger charge is 2.21. The molecule has 1 unspecified atom stereocenters. The predicted molar refractivity (Wildman–Crippen MR) is 130 cm³/mol. The van der Waals surface area contributed by atoms with Gasteiger partial charge in [0, 0.05) is 41.9 Å². The molecule has 1 amide bonds. The number of rotatable bonds is 8. The minimum Gasteiger partial charge on any atom is -0.377 e. The normalized spacial score (nSPS) is 16.2. The number of H-pyrrole nitrogens is 1. The van der Waals surface area contributed by atoms with Crippen LogP contribution in [0.2, 0.25) is 0 Å². The monoisotopic (exact) mass is 497 g/mol. The van der Waals surface area contributed by atoms with Gasteiger partial charge in [0.1, 0.15) is 5.65 Å². The summed E-state index contributed by atoms with van der Waals surface area (Å²) in [6.45, 7) is 0.905. The first kappa shape index (κ1) is 22.7. The molecule has 4 heterocycles. The lowest BCUT2D eigenvalue weighted by Gasteiger charge is -2.12. The molecule has 3 N–H and O–H groups in total. The molecule has 0 spiro atoms. The number of nitrogens with zero attached hydrogens (tertiary/aromatic N) is 2. The van der Waals surface area contributed by atoms with Crippen molar-refractivity contribution in [3.63, 3.8) is 0 Å². The Kier molecular flexibility index (Phi) is 6.42. The Morgan fingerprint density at radius 3 is 3.03 bits per heavy atom. The third-order valence-corrected chi connectivity index (χ3v) is 7.76. The van der Waals surface area contributed by atoms with Gasteiger partial charge in [0.05, 0.1) is 23.1 Å². The number of aromatic amines is 1. The van der Waals surface area contributed by atoms with Crippen molar-refractivity contribution in [3.8, 4) is 11.3 Å². The van der Waals surface area contributed by atoms with E-state index in [1.807, 2.05) is 23.7 Å². The van der Waals surface area contributed by atoms with E-state index < -0.39 is 10.0 Å². The fraction of sp³-hybridized carbons (Fsp3) is 0.261. The molecule has 34 heavy (non-hydrogen) atoms. The Bertz CT molecular complexity index is 1420. The lowest BCUT2D eigenvalue weighted by Crippen LogP contribution is -2.31. The van der Waals surface area contributed by atoms with Crippen molar-refractivity contribution in [3.05, 3.63) is 59.7 Å². The Labute approximate surface area is 200 Å². The van der Waals surface area contributed by atoms with Crippen LogP contribution in [0.3, 0.4) is 0 Å². The van der Waals surface area contributed by atoms with E-state index >= 15 is 0 Å². The first-order valence-corrected chi connectivity index (χ1v) is 13.2. The molecule has 1 atom stereocenters. The smallest absolute Gasteiger partial charge is 0.240 e. The minimum absolute atomic E-state index is 0.0288. The summed E-state index contributed by atoms with van der Waals surface area (Å²) in [7, 11) is -3.68. The van der Waals surface area contributed by atoms with Crippen LogP contribution in [0.1, 0.15) is 18.4 Å². The number of thiazole rings is 1. The van der Waals surface area contributed by atoms with E-state index in [4.69, 9.17) is 4.74 Å². The molecule has 4 aromatic rings. The largest absolute Gasteiger partial charge is 0.377 e. The number of pyridine rings is 1. The number of hydrogen-bond donors (Lipinski definition) is 3. The highest BCUT2D eigenvalue weighted by Crippen LogP contribution is 2.30. The average molecular weight is 498 g/mol. The Hall–Kier alpha value is -3.12. The lowest BCUT2D eigenvalue weighted by atomic mass is 10.1. The van der Waals surface area contributed by atoms with E-state index in [9.17, 15) is 13.2 Å². The van der Waals surface area contributed by atoms with Gasteiger partial charge in [-0.1, -0.05) is 12.1 Å². The van der Waals surface area contributed by atoms with Crippen LogP contribution in [0.25, 0.3) is 22.3 Å². The molecule has 0 bridgehead atoms. The van der Waals surface area contributed by atoms with E-state index in [1.165, 1.54) is 23.5 Å². The number of nitrogens with one attached hydrogen (secondary N) is 3. The van der Waals surface area contributed by atoms with Gasteiger partial charge < -0.3 is 15.0 Å². The van der Waals surface area contributed by atoms with E-state index in [0.717, 1.165) is 35.1 Å². The summed E-state index contributed by atoms with van der Waals surface area (Å²) in [5, 5.41) is 6.10. The molecule has 176 valence electrons. The molecule has 11 heteroatoms. The van der Waals surface area contributed by atoms with Crippen molar-refractivity contribution < 1.29 is 17.9 Å². The molecule has 0 radical (unpaired) electrons. The number of carbonyl (C=O) groups is 1. The number of hydrogen-bond acceptors (Lipinski definition) is 7. The van der Waals surface area contributed by atoms with Gasteiger partial charge in [-0.05, 0) is 42.7 Å². The van der Waals surface area contributed by atoms with Gasteiger partial charge in [0.15, 0.2) is 5.13 Å². The summed E-state index contributed by atoms with van der Waals surface area (Å²) in [6, 6.07) is 10.2. The maximum atomic E-state index is 12.6. The Morgan fingerprint density at radius 2 is 2.18 bits per heavy atom. The zero-order chi connectivity index (χ0) is 23.5. The van der Waals surface area contributed by atoms with Gasteiger partial charge >= 0.3 is 0 Å². The summed E-state index contributed by atoms with van der Waals surface area (Å²) < 4.78 is 33.4. The first-order chi connectivity index (χ1) is 16.5. The van der Waals surface area contributed by atoms with E-state index in [0.29, 0.717) is 17.3 Å². The zero-order valence-corrected chi connectivity index (χ0v) is 19.8. The summed E-state index contributed by atoms with van der Waals surface area (Å²) >= 11 is 1.33. The highest BCUT2D eigenvalue weighted by molar-refractivity contribution is 7.89. The molecule has 0 aliphatic carbocycles. The maximum Gasteiger partial charge on any atom is 0.240 e. The van der Waals surface area contributed by atoms with Crippen LogP contribution in [-0.2, 0) is 26.0 Å². The molecule has 9 nitrogen and oxygen atoms in total. The van der Waals surface area contributed by atoms with Gasteiger partial charge in [-0.15, -0.1) is 11.3 Å². The second-order valence-electron chi connectivity index (χ2n) is 8.00. The van der Waals surface area contributed by atoms with Crippen molar-refractivity contribution in [1.82, 2.24) is 19.7 Å². The molecule has 1 aliphatic heterocycles. The van der Waals surface area contributed by atoms with E-state index in [1.54, 1.807) is 18.3 Å². The van der Waals surface area contributed by atoms with E-state index in [2.05, 4.69) is 25.0 Å². The van der Waals surface area contributed by atoms with Gasteiger partial charge in [-0.25, -0.2) is 23.1 Å². The SMILES string of the molecule is O=C(Cc1cccc(S(=O)(=O)NCC2CCCO2)c1)Nc1nc(-c2c[nH]c3ncccc23)cs1. The van der Waals surface area contributed by atoms with Crippen molar-refractivity contribution >= 4 is 43.4 Å². The average Bonchev–Trinajstić information content (AvgIpc) is 3.59. The summed E-state index contributed by atoms with van der Waals surface area (Å²) in [5.41, 5.74) is 3.02. The fourth-order valence-corrected chi connectivity index (χ4v) is 5.75. The zero-order valence-electron chi connectivity index (χ0n) is 18.2. The van der Waals surface area contributed by atoms with Gasteiger partial charge in [-0.2, -0.15) is 0 Å². The molecule has 1 aromatic carbocycles. The summed E-state index contributed by atoms with van der Waals surface area (Å²) in [4.78, 5) is 24.7. The first-order valence-electron chi connectivity index (χ1n) is 10.9. The Morgan fingerprint density at radius 1 is 1.26 bits per heavy atom. The number of sulfonamides is 1. The second-order valence-corrected chi connectivity index (χ2v) is 10.6. The number of aromatic nitrogens is 3. The Balaban J connectivity index is 1.23. The lowest BCUT2D eigenvalue weighted by molar-refractivity contribution is -0.115. The third-order valence-electron chi connectivity index (χ3n) is 5.58. The number of benzene rings is 1. The van der Waals surface area contributed by atoms with Crippen LogP contribution in [0.5, 0.6) is 0 Å². The van der Waals surface area contributed by atoms with Crippen LogP contribution in [0.15, 0.2) is 59.1 Å². The predicted octanol–water partition coefficient (Wildman–Crippen LogP) is 3.32. The van der Waals surface area contributed by atoms with Crippen molar-refractivity contribution in [2.45, 2.75) is 30.3 Å². The molecule has 1 aliphatic rings. The van der Waals surface area contributed by atoms with Crippen molar-refractivity contribution in [2.75, 3.05) is 18.5 Å². The van der Waals surface area contributed by atoms with Crippen LogP contribution in [-0.4, -0.2) is 48.5 Å². The quantitative estimate of drug-likeness (QED) is 0.343. The number of ether oxygens (including phenoxy) is 1. The molecule has 0 saturated carbocycles. The minimum atomic E-state index is -3.68. The summed E-state index contributed by atoms with van der Waals surface area (Å²) in [5.74, 6) is -0.275. The number of anilines is 1. The number of amides is 1. The van der Waals surface area contributed by atoms with Crippen LogP contribution >= 0.6 is 11.3 Å². The molecule has 1 saturated heterocycles. The summed E-state index contributed by atoms with van der Waals surface area (Å²) in [6.07, 6.45) is 5.29. The molecule has 5 rings (SSSR count). The van der Waals surface area contributed by atoms with Gasteiger partial charge in [0.2, 0.25) is 15.9 Å². The van der Waals surface area contributed by atoms with E-state index in [-0.39, 0.29) is 29.9 Å². The number of carbonyl (C=O) groups excluding carboxylic acids is 1. The van der Waals surface area contributed by atoms with Crippen LogP contribution in [0, 0.1) is 0 Å². The molecular weight excluding hydrogens is 474 g/mol. The van der Waals surface area contributed by atoms with Crippen LogP contribution < -0.4 is 10.0 Å². The maximum absolute atomic E-state index is 12.6. The van der Waals surface area contributed by atoms with Crippen molar-refractivity contribution in [1.29, 1.82) is 0 Å². The van der Waals surface area contributed by atoms with Gasteiger partial charge in [0.25, 0.3) is 0 Å². The fourth-order valence-electron chi connectivity index (χ4n) is 3.89. The van der Waals surface area contributed by atoms with Crippen molar-refractivity contribution in [2.24, 2.45) is 0 Å². The third kappa shape index (κ3) is 5.02. The molecular formula is C23H23N5O4S2. The molecule has 3 aromatic heterocycles. The number of fused-ring (bicyclic) bond motifs is 1. The van der Waals surface area contributed by atoms with Crippen LogP contribution in [0.4, 0.5) is 5.13 Å². The molecule has 1 fully saturated rings. The highest BCUT2D eigenvalue weighted by atomic mass is 32.2. The van der Waals surface area contributed by atoms with Gasteiger partial charge in [-0.3, -0.25) is 4.79 Å². The topological polar surface area (TPSA) is 126 Å².